The van der Waals surface area contributed by atoms with E-state index < -0.39 is 5.66 Å². The second-order valence-corrected chi connectivity index (χ2v) is 11.9. The number of aliphatic imine (C=N–C) groups is 1. The molecule has 0 amide bonds. The van der Waals surface area contributed by atoms with Gasteiger partial charge in [-0.3, -0.25) is 5.32 Å². The molecule has 47 heavy (non-hydrogen) atoms. The van der Waals surface area contributed by atoms with Gasteiger partial charge in [0.2, 0.25) is 5.89 Å². The first kappa shape index (κ1) is 27.3. The zero-order valence-corrected chi connectivity index (χ0v) is 25.5. The topological polar surface area (TPSA) is 62.5 Å². The molecule has 1 aliphatic rings. The Hall–Kier alpha value is -6.04. The molecule has 0 bridgehead atoms. The largest absolute Gasteiger partial charge is 0.436 e. The number of hydrogen-bond acceptors (Lipinski definition) is 5. The number of nitrogens with one attached hydrogen (secondary N) is 2. The van der Waals surface area contributed by atoms with Crippen LogP contribution in [0.2, 0.25) is 0 Å². The van der Waals surface area contributed by atoms with Crippen molar-refractivity contribution in [1.29, 1.82) is 0 Å². The van der Waals surface area contributed by atoms with Gasteiger partial charge in [-0.05, 0) is 68.7 Å². The lowest BCUT2D eigenvalue weighted by Crippen LogP contribution is -2.53. The SMILES string of the molecule is c1ccc(C2(c3ccc4ccccc4c3)N=C(c3cccc(-c4ccc(-c5nc6c(ccc7ccccc76)o5)cc4)c3)NCN2)cc1. The maximum Gasteiger partial charge on any atom is 0.227 e. The highest BCUT2D eigenvalue weighted by atomic mass is 16.3. The molecule has 0 spiro atoms. The first-order valence-electron chi connectivity index (χ1n) is 15.9. The average molecular weight is 607 g/mol. The molecule has 7 aromatic carbocycles. The van der Waals surface area contributed by atoms with E-state index >= 15 is 0 Å². The molecule has 2 heterocycles. The van der Waals surface area contributed by atoms with Crippen LogP contribution in [-0.2, 0) is 5.66 Å². The molecule has 0 aliphatic carbocycles. The van der Waals surface area contributed by atoms with Gasteiger partial charge in [-0.15, -0.1) is 0 Å². The van der Waals surface area contributed by atoms with Crippen molar-refractivity contribution in [3.8, 4) is 22.6 Å². The summed E-state index contributed by atoms with van der Waals surface area (Å²) in [5.74, 6) is 1.47. The summed E-state index contributed by atoms with van der Waals surface area (Å²) in [5, 5.41) is 11.9. The highest BCUT2D eigenvalue weighted by molar-refractivity contribution is 6.04. The summed E-state index contributed by atoms with van der Waals surface area (Å²) in [6.45, 7) is 0.569. The molecule has 0 saturated carbocycles. The number of oxazole rings is 1. The molecule has 0 radical (unpaired) electrons. The molecular formula is C42H30N4O. The summed E-state index contributed by atoms with van der Waals surface area (Å²) in [4.78, 5) is 10.3. The Balaban J connectivity index is 1.08. The Bertz CT molecular complexity index is 2450. The lowest BCUT2D eigenvalue weighted by Gasteiger charge is -2.37. The van der Waals surface area contributed by atoms with Crippen LogP contribution in [0.25, 0.3) is 55.2 Å². The van der Waals surface area contributed by atoms with Gasteiger partial charge in [0.25, 0.3) is 0 Å². The van der Waals surface area contributed by atoms with Crippen molar-refractivity contribution < 1.29 is 4.42 Å². The normalized spacial score (nSPS) is 16.3. The summed E-state index contributed by atoms with van der Waals surface area (Å²) in [5.41, 5.74) is 7.31. The lowest BCUT2D eigenvalue weighted by atomic mass is 9.89. The van der Waals surface area contributed by atoms with E-state index in [1.807, 2.05) is 24.3 Å². The first-order valence-corrected chi connectivity index (χ1v) is 15.9. The highest BCUT2D eigenvalue weighted by Gasteiger charge is 2.36. The quantitative estimate of drug-likeness (QED) is 0.205. The number of benzene rings is 7. The number of hydrogen-bond donors (Lipinski definition) is 2. The summed E-state index contributed by atoms with van der Waals surface area (Å²) in [6.07, 6.45) is 0. The van der Waals surface area contributed by atoms with Crippen LogP contribution in [0.3, 0.4) is 0 Å². The van der Waals surface area contributed by atoms with Crippen molar-refractivity contribution in [2.24, 2.45) is 4.99 Å². The van der Waals surface area contributed by atoms with E-state index in [1.165, 1.54) is 10.8 Å². The van der Waals surface area contributed by atoms with Crippen molar-refractivity contribution in [2.75, 3.05) is 6.67 Å². The molecule has 2 N–H and O–H groups in total. The average Bonchev–Trinajstić information content (AvgIpc) is 3.60. The van der Waals surface area contributed by atoms with E-state index in [1.54, 1.807) is 0 Å². The number of amidine groups is 1. The molecule has 0 saturated heterocycles. The van der Waals surface area contributed by atoms with E-state index in [9.17, 15) is 0 Å². The van der Waals surface area contributed by atoms with Crippen LogP contribution in [0.5, 0.6) is 0 Å². The van der Waals surface area contributed by atoms with E-state index in [0.29, 0.717) is 12.6 Å². The standard InChI is InChI=1S/C42H30N4O/c1-2-14-35(15-3-1)42(36-23-21-28-9-4-5-11-33(28)26-36)44-27-43-40(46-42)34-13-8-12-32(25-34)29-17-19-31(20-18-29)41-45-39-37-16-7-6-10-30(37)22-24-38(39)47-41/h1-26,44H,27H2,(H,43,46). The van der Waals surface area contributed by atoms with Crippen LogP contribution in [-0.4, -0.2) is 17.5 Å². The minimum atomic E-state index is -0.742. The molecule has 224 valence electrons. The minimum Gasteiger partial charge on any atom is -0.436 e. The Kier molecular flexibility index (Phi) is 6.44. The van der Waals surface area contributed by atoms with Gasteiger partial charge in [0, 0.05) is 16.5 Å². The number of fused-ring (bicyclic) bond motifs is 4. The number of rotatable bonds is 5. The van der Waals surface area contributed by atoms with Crippen LogP contribution in [0, 0.1) is 0 Å². The highest BCUT2D eigenvalue weighted by Crippen LogP contribution is 2.36. The van der Waals surface area contributed by atoms with Gasteiger partial charge >= 0.3 is 0 Å². The van der Waals surface area contributed by atoms with Crippen molar-refractivity contribution >= 4 is 38.5 Å². The molecule has 1 aromatic heterocycles. The summed E-state index contributed by atoms with van der Waals surface area (Å²) >= 11 is 0. The van der Waals surface area contributed by atoms with Gasteiger partial charge in [-0.1, -0.05) is 127 Å². The second-order valence-electron chi connectivity index (χ2n) is 11.9. The summed E-state index contributed by atoms with van der Waals surface area (Å²) < 4.78 is 6.18. The minimum absolute atomic E-state index is 0.569. The van der Waals surface area contributed by atoms with Crippen LogP contribution in [0.1, 0.15) is 16.7 Å². The Morgan fingerprint density at radius 2 is 1.26 bits per heavy atom. The molecule has 5 heteroatoms. The maximum atomic E-state index is 6.18. The molecule has 1 aliphatic heterocycles. The third-order valence-corrected chi connectivity index (χ3v) is 9.12. The van der Waals surface area contributed by atoms with Gasteiger partial charge in [-0.2, -0.15) is 0 Å². The van der Waals surface area contributed by atoms with Gasteiger partial charge in [0.05, 0.1) is 6.67 Å². The van der Waals surface area contributed by atoms with E-state index in [-0.39, 0.29) is 0 Å². The van der Waals surface area contributed by atoms with Gasteiger partial charge in [0.1, 0.15) is 11.4 Å². The van der Waals surface area contributed by atoms with Crippen LogP contribution < -0.4 is 10.6 Å². The van der Waals surface area contributed by atoms with Gasteiger partial charge < -0.3 is 9.73 Å². The Morgan fingerprint density at radius 3 is 2.13 bits per heavy atom. The fraction of sp³-hybridized carbons (Fsp3) is 0.0476. The van der Waals surface area contributed by atoms with E-state index in [4.69, 9.17) is 14.4 Å². The van der Waals surface area contributed by atoms with Crippen molar-refractivity contribution in [1.82, 2.24) is 15.6 Å². The van der Waals surface area contributed by atoms with E-state index in [2.05, 4.69) is 144 Å². The van der Waals surface area contributed by atoms with Crippen LogP contribution in [0.15, 0.2) is 167 Å². The molecular weight excluding hydrogens is 576 g/mol. The van der Waals surface area contributed by atoms with Gasteiger partial charge in [-0.25, -0.2) is 9.98 Å². The molecule has 5 nitrogen and oxygen atoms in total. The van der Waals surface area contributed by atoms with E-state index in [0.717, 1.165) is 61.1 Å². The smallest absolute Gasteiger partial charge is 0.227 e. The molecule has 1 atom stereocenters. The number of nitrogens with zero attached hydrogens (tertiary/aromatic N) is 2. The van der Waals surface area contributed by atoms with Crippen molar-refractivity contribution in [3.63, 3.8) is 0 Å². The fourth-order valence-electron chi connectivity index (χ4n) is 6.70. The Morgan fingerprint density at radius 1 is 0.532 bits per heavy atom. The monoisotopic (exact) mass is 606 g/mol. The van der Waals surface area contributed by atoms with Crippen LogP contribution >= 0.6 is 0 Å². The molecule has 0 fully saturated rings. The maximum absolute atomic E-state index is 6.18. The van der Waals surface area contributed by atoms with Crippen molar-refractivity contribution in [3.05, 3.63) is 174 Å². The predicted octanol–water partition coefficient (Wildman–Crippen LogP) is 9.27. The van der Waals surface area contributed by atoms with Crippen LogP contribution in [0.4, 0.5) is 0 Å². The lowest BCUT2D eigenvalue weighted by molar-refractivity contribution is 0.394. The van der Waals surface area contributed by atoms with Crippen molar-refractivity contribution in [2.45, 2.75) is 5.66 Å². The summed E-state index contributed by atoms with van der Waals surface area (Å²) in [7, 11) is 0. The first-order chi connectivity index (χ1) is 23.2. The number of aromatic nitrogens is 1. The molecule has 8 aromatic rings. The second kappa shape index (κ2) is 11.1. The third kappa shape index (κ3) is 4.76. The van der Waals surface area contributed by atoms with Gasteiger partial charge in [0.15, 0.2) is 11.2 Å². The zero-order valence-electron chi connectivity index (χ0n) is 25.5. The fourth-order valence-corrected chi connectivity index (χ4v) is 6.70. The zero-order chi connectivity index (χ0) is 31.2. The molecule has 9 rings (SSSR count). The molecule has 1 unspecified atom stereocenters. The predicted molar refractivity (Wildman–Crippen MR) is 191 cm³/mol. The summed E-state index contributed by atoms with van der Waals surface area (Å²) in [6, 6.07) is 54.9. The third-order valence-electron chi connectivity index (χ3n) is 9.12. The Labute approximate surface area is 272 Å².